The Morgan fingerprint density at radius 1 is 1.25 bits per heavy atom. The monoisotopic (exact) mass is 266 g/mol. The maximum absolute atomic E-state index is 11.1. The summed E-state index contributed by atoms with van der Waals surface area (Å²) < 4.78 is 0. The number of carbonyl (C=O) groups is 1. The Kier molecular flexibility index (Phi) is 3.58. The molecular formula is C15H14N4O. The number of primary amides is 1. The van der Waals surface area contributed by atoms with Gasteiger partial charge in [0, 0.05) is 5.56 Å². The van der Waals surface area contributed by atoms with Crippen LogP contribution in [0, 0.1) is 18.3 Å². The van der Waals surface area contributed by atoms with Crippen molar-refractivity contribution in [2.75, 3.05) is 11.1 Å². The van der Waals surface area contributed by atoms with Crippen LogP contribution in [0.2, 0.25) is 0 Å². The van der Waals surface area contributed by atoms with E-state index in [4.69, 9.17) is 11.5 Å². The number of anilines is 3. The first-order chi connectivity index (χ1) is 9.52. The Labute approximate surface area is 116 Å². The van der Waals surface area contributed by atoms with Gasteiger partial charge in [0.25, 0.3) is 0 Å². The summed E-state index contributed by atoms with van der Waals surface area (Å²) in [5.74, 6) is -0.531. The Morgan fingerprint density at radius 3 is 2.60 bits per heavy atom. The number of nitrogen functional groups attached to an aromatic ring is 1. The third-order valence-electron chi connectivity index (χ3n) is 2.99. The first-order valence-electron chi connectivity index (χ1n) is 5.99. The summed E-state index contributed by atoms with van der Waals surface area (Å²) in [6.45, 7) is 1.86. The molecule has 0 saturated heterocycles. The first kappa shape index (κ1) is 13.4. The normalized spacial score (nSPS) is 9.80. The van der Waals surface area contributed by atoms with E-state index < -0.39 is 5.91 Å². The number of nitrogens with zero attached hydrogens (tertiary/aromatic N) is 1. The molecule has 100 valence electrons. The van der Waals surface area contributed by atoms with Crippen LogP contribution >= 0.6 is 0 Å². The van der Waals surface area contributed by atoms with Gasteiger partial charge in [0.05, 0.1) is 22.6 Å². The minimum absolute atomic E-state index is 0.345. The molecule has 0 aromatic heterocycles. The van der Waals surface area contributed by atoms with E-state index in [-0.39, 0.29) is 0 Å². The van der Waals surface area contributed by atoms with Crippen molar-refractivity contribution in [1.29, 1.82) is 5.26 Å². The predicted octanol–water partition coefficient (Wildman–Crippen LogP) is 2.29. The smallest absolute Gasteiger partial charge is 0.248 e. The van der Waals surface area contributed by atoms with E-state index in [9.17, 15) is 10.1 Å². The van der Waals surface area contributed by atoms with Crippen molar-refractivity contribution in [2.24, 2.45) is 5.73 Å². The van der Waals surface area contributed by atoms with Crippen molar-refractivity contribution in [2.45, 2.75) is 6.92 Å². The lowest BCUT2D eigenvalue weighted by Gasteiger charge is -2.12. The van der Waals surface area contributed by atoms with Crippen LogP contribution in [0.15, 0.2) is 36.4 Å². The maximum atomic E-state index is 11.1. The highest BCUT2D eigenvalue weighted by Crippen LogP contribution is 2.27. The molecule has 5 N–H and O–H groups in total. The summed E-state index contributed by atoms with van der Waals surface area (Å²) >= 11 is 0. The minimum atomic E-state index is -0.531. The number of hydrogen-bond donors (Lipinski definition) is 3. The van der Waals surface area contributed by atoms with Gasteiger partial charge in [-0.3, -0.25) is 4.79 Å². The first-order valence-corrected chi connectivity index (χ1v) is 5.99. The summed E-state index contributed by atoms with van der Waals surface area (Å²) in [7, 11) is 0. The SMILES string of the molecule is Cc1cccc(Nc2ccc(C(N)=O)cc2N)c1C#N. The van der Waals surface area contributed by atoms with Gasteiger partial charge < -0.3 is 16.8 Å². The standard InChI is InChI=1S/C15H14N4O/c1-9-3-2-4-13(11(9)8-16)19-14-6-5-10(15(18)20)7-12(14)17/h2-7,19H,17H2,1H3,(H2,18,20). The highest BCUT2D eigenvalue weighted by Gasteiger charge is 2.08. The molecule has 2 aromatic rings. The number of hydrogen-bond acceptors (Lipinski definition) is 4. The van der Waals surface area contributed by atoms with E-state index >= 15 is 0 Å². The molecule has 0 bridgehead atoms. The second-order valence-corrected chi connectivity index (χ2v) is 4.40. The summed E-state index contributed by atoms with van der Waals surface area (Å²) in [6.07, 6.45) is 0. The van der Waals surface area contributed by atoms with E-state index in [0.717, 1.165) is 5.56 Å². The van der Waals surface area contributed by atoms with E-state index in [2.05, 4.69) is 11.4 Å². The fourth-order valence-corrected chi connectivity index (χ4v) is 1.90. The number of benzene rings is 2. The summed E-state index contributed by atoms with van der Waals surface area (Å²) in [4.78, 5) is 11.1. The summed E-state index contributed by atoms with van der Waals surface area (Å²) in [5.41, 5.74) is 14.6. The van der Waals surface area contributed by atoms with Crippen LogP contribution in [0.3, 0.4) is 0 Å². The lowest BCUT2D eigenvalue weighted by molar-refractivity contribution is 0.100. The lowest BCUT2D eigenvalue weighted by atomic mass is 10.1. The average molecular weight is 266 g/mol. The lowest BCUT2D eigenvalue weighted by Crippen LogP contribution is -2.11. The average Bonchev–Trinajstić information content (AvgIpc) is 2.41. The molecule has 0 radical (unpaired) electrons. The van der Waals surface area contributed by atoms with E-state index in [0.29, 0.717) is 28.2 Å². The highest BCUT2D eigenvalue weighted by atomic mass is 16.1. The zero-order chi connectivity index (χ0) is 14.7. The van der Waals surface area contributed by atoms with E-state index in [1.165, 1.54) is 6.07 Å². The predicted molar refractivity (Wildman–Crippen MR) is 78.5 cm³/mol. The molecule has 0 aliphatic carbocycles. The van der Waals surface area contributed by atoms with Crippen molar-refractivity contribution >= 4 is 23.0 Å². The van der Waals surface area contributed by atoms with Gasteiger partial charge in [0.2, 0.25) is 5.91 Å². The Hall–Kier alpha value is -3.00. The van der Waals surface area contributed by atoms with Crippen molar-refractivity contribution in [3.63, 3.8) is 0 Å². The Morgan fingerprint density at radius 2 is 2.00 bits per heavy atom. The molecule has 0 saturated carbocycles. The number of nitriles is 1. The molecule has 0 heterocycles. The Balaban J connectivity index is 2.39. The molecule has 0 fully saturated rings. The molecule has 0 spiro atoms. The number of carbonyl (C=O) groups excluding carboxylic acids is 1. The van der Waals surface area contributed by atoms with Crippen LogP contribution in [0.5, 0.6) is 0 Å². The van der Waals surface area contributed by atoms with Gasteiger partial charge in [-0.2, -0.15) is 5.26 Å². The number of amides is 1. The van der Waals surface area contributed by atoms with Gasteiger partial charge in [0.15, 0.2) is 0 Å². The van der Waals surface area contributed by atoms with Gasteiger partial charge in [-0.15, -0.1) is 0 Å². The maximum Gasteiger partial charge on any atom is 0.248 e. The summed E-state index contributed by atoms with van der Waals surface area (Å²) in [6, 6.07) is 12.4. The van der Waals surface area contributed by atoms with Crippen LogP contribution in [0.25, 0.3) is 0 Å². The topological polar surface area (TPSA) is 105 Å². The number of rotatable bonds is 3. The molecule has 2 aromatic carbocycles. The molecule has 20 heavy (non-hydrogen) atoms. The van der Waals surface area contributed by atoms with Crippen LogP contribution in [-0.4, -0.2) is 5.91 Å². The molecule has 2 rings (SSSR count). The largest absolute Gasteiger partial charge is 0.397 e. The second kappa shape index (κ2) is 5.33. The fourth-order valence-electron chi connectivity index (χ4n) is 1.90. The van der Waals surface area contributed by atoms with Crippen molar-refractivity contribution in [3.8, 4) is 6.07 Å². The third kappa shape index (κ3) is 2.54. The quantitative estimate of drug-likeness (QED) is 0.741. The number of nitrogens with two attached hydrogens (primary N) is 2. The minimum Gasteiger partial charge on any atom is -0.397 e. The van der Waals surface area contributed by atoms with Crippen molar-refractivity contribution in [3.05, 3.63) is 53.1 Å². The zero-order valence-electron chi connectivity index (χ0n) is 11.0. The van der Waals surface area contributed by atoms with Gasteiger partial charge in [-0.25, -0.2) is 0 Å². The number of aryl methyl sites for hydroxylation is 1. The highest BCUT2D eigenvalue weighted by molar-refractivity contribution is 5.95. The van der Waals surface area contributed by atoms with E-state index in [1.54, 1.807) is 18.2 Å². The van der Waals surface area contributed by atoms with Crippen molar-refractivity contribution in [1.82, 2.24) is 0 Å². The van der Waals surface area contributed by atoms with Gasteiger partial charge >= 0.3 is 0 Å². The Bertz CT molecular complexity index is 716. The van der Waals surface area contributed by atoms with Crippen LogP contribution in [-0.2, 0) is 0 Å². The molecule has 0 aliphatic heterocycles. The van der Waals surface area contributed by atoms with Crippen molar-refractivity contribution < 1.29 is 4.79 Å². The van der Waals surface area contributed by atoms with Gasteiger partial charge in [0.1, 0.15) is 6.07 Å². The molecular weight excluding hydrogens is 252 g/mol. The molecule has 5 heteroatoms. The van der Waals surface area contributed by atoms with Gasteiger partial charge in [-0.1, -0.05) is 12.1 Å². The summed E-state index contributed by atoms with van der Waals surface area (Å²) in [5, 5.41) is 12.3. The molecule has 0 atom stereocenters. The molecule has 1 amide bonds. The molecule has 0 unspecified atom stereocenters. The third-order valence-corrected chi connectivity index (χ3v) is 2.99. The van der Waals surface area contributed by atoms with Crippen LogP contribution < -0.4 is 16.8 Å². The van der Waals surface area contributed by atoms with Gasteiger partial charge in [-0.05, 0) is 36.8 Å². The number of nitrogens with one attached hydrogen (secondary N) is 1. The molecule has 5 nitrogen and oxygen atoms in total. The van der Waals surface area contributed by atoms with E-state index in [1.807, 2.05) is 19.1 Å². The zero-order valence-corrected chi connectivity index (χ0v) is 11.0. The molecule has 0 aliphatic rings. The fraction of sp³-hybridized carbons (Fsp3) is 0.0667. The van der Waals surface area contributed by atoms with Crippen LogP contribution in [0.4, 0.5) is 17.1 Å². The second-order valence-electron chi connectivity index (χ2n) is 4.40. The van der Waals surface area contributed by atoms with Crippen LogP contribution in [0.1, 0.15) is 21.5 Å².